The molecule has 0 amide bonds. The van der Waals surface area contributed by atoms with Gasteiger partial charge in [-0.3, -0.25) is 0 Å². The molecule has 0 aromatic heterocycles. The fourth-order valence-electron chi connectivity index (χ4n) is 1.97. The van der Waals surface area contributed by atoms with E-state index in [1.165, 1.54) is 0 Å². The molecule has 0 aromatic carbocycles. The Labute approximate surface area is 88.1 Å². The molecule has 86 valence electrons. The highest BCUT2D eigenvalue weighted by Gasteiger charge is 2.26. The Morgan fingerprint density at radius 2 is 1.71 bits per heavy atom. The summed E-state index contributed by atoms with van der Waals surface area (Å²) < 4.78 is 5.44. The zero-order chi connectivity index (χ0) is 11.1. The van der Waals surface area contributed by atoms with Crippen LogP contribution in [-0.2, 0) is 9.57 Å². The molecule has 3 nitrogen and oxygen atoms in total. The van der Waals surface area contributed by atoms with Crippen molar-refractivity contribution < 1.29 is 9.57 Å². The van der Waals surface area contributed by atoms with Crippen molar-refractivity contribution in [1.82, 2.24) is 5.48 Å². The van der Waals surface area contributed by atoms with Gasteiger partial charge in [0.25, 0.3) is 0 Å². The Bertz CT molecular complexity index is 135. The van der Waals surface area contributed by atoms with Crippen molar-refractivity contribution in [2.45, 2.75) is 46.3 Å². The third kappa shape index (κ3) is 3.95. The molecule has 0 bridgehead atoms. The SMILES string of the molecule is CC[C@@H](OC)[C@H](C)C(NOC)C(C)C. The Morgan fingerprint density at radius 3 is 2.00 bits per heavy atom. The van der Waals surface area contributed by atoms with Crippen LogP contribution in [-0.4, -0.2) is 26.4 Å². The monoisotopic (exact) mass is 203 g/mol. The third-order valence-corrected chi connectivity index (χ3v) is 2.83. The van der Waals surface area contributed by atoms with Crippen molar-refractivity contribution in [2.24, 2.45) is 11.8 Å². The van der Waals surface area contributed by atoms with Gasteiger partial charge in [-0.1, -0.05) is 27.7 Å². The lowest BCUT2D eigenvalue weighted by molar-refractivity contribution is -0.0228. The van der Waals surface area contributed by atoms with Gasteiger partial charge < -0.3 is 9.57 Å². The number of ether oxygens (including phenoxy) is 1. The fourth-order valence-corrected chi connectivity index (χ4v) is 1.97. The molecule has 0 aliphatic carbocycles. The van der Waals surface area contributed by atoms with E-state index < -0.39 is 0 Å². The number of hydroxylamine groups is 1. The molecule has 3 heteroatoms. The maximum absolute atomic E-state index is 5.44. The van der Waals surface area contributed by atoms with Gasteiger partial charge in [-0.25, -0.2) is 0 Å². The van der Waals surface area contributed by atoms with Crippen LogP contribution in [0.15, 0.2) is 0 Å². The molecule has 0 aliphatic heterocycles. The molecule has 0 heterocycles. The van der Waals surface area contributed by atoms with Crippen LogP contribution < -0.4 is 5.48 Å². The number of rotatable bonds is 7. The van der Waals surface area contributed by atoms with Crippen LogP contribution in [0.1, 0.15) is 34.1 Å². The molecular formula is C11H25NO2. The summed E-state index contributed by atoms with van der Waals surface area (Å²) in [5.74, 6) is 0.985. The Hall–Kier alpha value is -0.120. The third-order valence-electron chi connectivity index (χ3n) is 2.83. The van der Waals surface area contributed by atoms with E-state index >= 15 is 0 Å². The molecule has 1 N–H and O–H groups in total. The zero-order valence-corrected chi connectivity index (χ0v) is 10.3. The summed E-state index contributed by atoms with van der Waals surface area (Å²) in [6.07, 6.45) is 1.33. The van der Waals surface area contributed by atoms with Gasteiger partial charge in [0.1, 0.15) is 0 Å². The normalized spacial score (nSPS) is 18.2. The molecule has 0 rings (SSSR count). The first-order chi connectivity index (χ1) is 6.58. The zero-order valence-electron chi connectivity index (χ0n) is 10.3. The lowest BCUT2D eigenvalue weighted by Crippen LogP contribution is -2.43. The molecule has 3 atom stereocenters. The molecule has 0 radical (unpaired) electrons. The van der Waals surface area contributed by atoms with Gasteiger partial charge in [0, 0.05) is 19.1 Å². The summed E-state index contributed by atoms with van der Waals surface area (Å²) >= 11 is 0. The molecule has 0 fully saturated rings. The quantitative estimate of drug-likeness (QED) is 0.644. The second-order valence-corrected chi connectivity index (χ2v) is 4.13. The second kappa shape index (κ2) is 7.21. The Balaban J connectivity index is 4.32. The summed E-state index contributed by atoms with van der Waals surface area (Å²) in [4.78, 5) is 5.02. The first-order valence-corrected chi connectivity index (χ1v) is 5.39. The molecule has 14 heavy (non-hydrogen) atoms. The van der Waals surface area contributed by atoms with Gasteiger partial charge in [0.2, 0.25) is 0 Å². The van der Waals surface area contributed by atoms with Crippen molar-refractivity contribution in [2.75, 3.05) is 14.2 Å². The van der Waals surface area contributed by atoms with Crippen LogP contribution in [0.2, 0.25) is 0 Å². The molecule has 0 aromatic rings. The van der Waals surface area contributed by atoms with E-state index in [2.05, 4.69) is 33.2 Å². The van der Waals surface area contributed by atoms with Crippen molar-refractivity contribution in [1.29, 1.82) is 0 Å². The van der Waals surface area contributed by atoms with E-state index in [1.54, 1.807) is 14.2 Å². The van der Waals surface area contributed by atoms with E-state index in [4.69, 9.17) is 9.57 Å². The minimum absolute atomic E-state index is 0.296. The predicted octanol–water partition coefficient (Wildman–Crippen LogP) is 2.22. The highest BCUT2D eigenvalue weighted by atomic mass is 16.6. The van der Waals surface area contributed by atoms with Crippen LogP contribution in [0.3, 0.4) is 0 Å². The van der Waals surface area contributed by atoms with Crippen LogP contribution in [0, 0.1) is 11.8 Å². The van der Waals surface area contributed by atoms with E-state index in [0.717, 1.165) is 6.42 Å². The highest BCUT2D eigenvalue weighted by molar-refractivity contribution is 4.79. The van der Waals surface area contributed by atoms with E-state index in [-0.39, 0.29) is 0 Å². The topological polar surface area (TPSA) is 30.5 Å². The fraction of sp³-hybridized carbons (Fsp3) is 1.00. The highest BCUT2D eigenvalue weighted by Crippen LogP contribution is 2.20. The molecule has 0 saturated carbocycles. The summed E-state index contributed by atoms with van der Waals surface area (Å²) in [5.41, 5.74) is 3.05. The van der Waals surface area contributed by atoms with Crippen molar-refractivity contribution >= 4 is 0 Å². The summed E-state index contributed by atoms with van der Waals surface area (Å²) in [7, 11) is 3.44. The van der Waals surface area contributed by atoms with Gasteiger partial charge >= 0.3 is 0 Å². The Morgan fingerprint density at radius 1 is 1.14 bits per heavy atom. The minimum Gasteiger partial charge on any atom is -0.381 e. The lowest BCUT2D eigenvalue weighted by Gasteiger charge is -2.32. The molecule has 0 aliphatic rings. The van der Waals surface area contributed by atoms with E-state index in [0.29, 0.717) is 24.0 Å². The number of methoxy groups -OCH3 is 1. The molecule has 0 saturated heterocycles. The first kappa shape index (κ1) is 13.9. The molecule has 0 spiro atoms. The second-order valence-electron chi connectivity index (χ2n) is 4.13. The number of hydrogen-bond donors (Lipinski definition) is 1. The standard InChI is InChI=1S/C11H25NO2/c1-7-10(13-5)9(4)11(8(2)3)12-14-6/h8-12H,7H2,1-6H3/t9-,10+,11?/m0/s1. The molecular weight excluding hydrogens is 178 g/mol. The maximum atomic E-state index is 5.44. The van der Waals surface area contributed by atoms with Crippen LogP contribution >= 0.6 is 0 Å². The maximum Gasteiger partial charge on any atom is 0.0610 e. The lowest BCUT2D eigenvalue weighted by atomic mass is 9.87. The Kier molecular flexibility index (Phi) is 7.15. The van der Waals surface area contributed by atoms with Gasteiger partial charge in [-0.2, -0.15) is 5.48 Å². The average molecular weight is 203 g/mol. The van der Waals surface area contributed by atoms with Gasteiger partial charge in [0.05, 0.1) is 13.2 Å². The van der Waals surface area contributed by atoms with Crippen molar-refractivity contribution in [3.63, 3.8) is 0 Å². The summed E-state index contributed by atoms with van der Waals surface area (Å²) in [6, 6.07) is 0.338. The minimum atomic E-state index is 0.296. The number of hydrogen-bond acceptors (Lipinski definition) is 3. The van der Waals surface area contributed by atoms with E-state index in [9.17, 15) is 0 Å². The van der Waals surface area contributed by atoms with Gasteiger partial charge in [0.15, 0.2) is 0 Å². The summed E-state index contributed by atoms with van der Waals surface area (Å²) in [5, 5.41) is 0. The van der Waals surface area contributed by atoms with Crippen LogP contribution in [0.25, 0.3) is 0 Å². The average Bonchev–Trinajstić information content (AvgIpc) is 2.15. The van der Waals surface area contributed by atoms with Crippen molar-refractivity contribution in [3.05, 3.63) is 0 Å². The van der Waals surface area contributed by atoms with Gasteiger partial charge in [-0.05, 0) is 12.3 Å². The van der Waals surface area contributed by atoms with Crippen LogP contribution in [0.5, 0.6) is 0 Å². The van der Waals surface area contributed by atoms with Crippen molar-refractivity contribution in [3.8, 4) is 0 Å². The molecule has 1 unspecified atom stereocenters. The predicted molar refractivity (Wildman–Crippen MR) is 59.0 cm³/mol. The van der Waals surface area contributed by atoms with Crippen LogP contribution in [0.4, 0.5) is 0 Å². The summed E-state index contributed by atoms with van der Waals surface area (Å²) in [6.45, 7) is 8.73. The number of nitrogens with one attached hydrogen (secondary N) is 1. The first-order valence-electron chi connectivity index (χ1n) is 5.39. The largest absolute Gasteiger partial charge is 0.381 e. The smallest absolute Gasteiger partial charge is 0.0610 e. The van der Waals surface area contributed by atoms with E-state index in [1.807, 2.05) is 0 Å². The van der Waals surface area contributed by atoms with Gasteiger partial charge in [-0.15, -0.1) is 0 Å².